The summed E-state index contributed by atoms with van der Waals surface area (Å²) in [6.07, 6.45) is 5.97. The molecule has 2 saturated carbocycles. The number of hydrogen-bond acceptors (Lipinski definition) is 2. The third-order valence-electron chi connectivity index (χ3n) is 5.20. The van der Waals surface area contributed by atoms with Crippen molar-refractivity contribution >= 4 is 11.6 Å². The highest BCUT2D eigenvalue weighted by molar-refractivity contribution is 5.97. The number of benzene rings is 1. The van der Waals surface area contributed by atoms with E-state index < -0.39 is 0 Å². The second-order valence-electron chi connectivity index (χ2n) is 6.56. The minimum Gasteiger partial charge on any atom is -0.330 e. The average molecular weight is 286 g/mol. The number of nitrogens with two attached hydrogens (primary N) is 1. The van der Waals surface area contributed by atoms with Crippen LogP contribution in [0.15, 0.2) is 24.3 Å². The maximum absolute atomic E-state index is 13.0. The van der Waals surface area contributed by atoms with E-state index >= 15 is 0 Å². The van der Waals surface area contributed by atoms with Gasteiger partial charge in [0.1, 0.15) is 0 Å². The molecule has 0 heterocycles. The summed E-state index contributed by atoms with van der Waals surface area (Å²) in [5, 5.41) is 0. The van der Waals surface area contributed by atoms with Crippen LogP contribution in [0.3, 0.4) is 0 Å². The van der Waals surface area contributed by atoms with Crippen LogP contribution in [0.4, 0.5) is 5.69 Å². The molecule has 2 unspecified atom stereocenters. The van der Waals surface area contributed by atoms with Crippen LogP contribution < -0.4 is 10.6 Å². The van der Waals surface area contributed by atoms with Gasteiger partial charge in [-0.3, -0.25) is 4.79 Å². The van der Waals surface area contributed by atoms with Gasteiger partial charge in [-0.2, -0.15) is 0 Å². The van der Waals surface area contributed by atoms with Crippen LogP contribution >= 0.6 is 0 Å². The highest BCUT2D eigenvalue weighted by Gasteiger charge is 2.55. The fraction of sp³-hybridized carbons (Fsp3) is 0.611. The van der Waals surface area contributed by atoms with Crippen molar-refractivity contribution in [3.05, 3.63) is 29.8 Å². The lowest BCUT2D eigenvalue weighted by Gasteiger charge is -2.25. The van der Waals surface area contributed by atoms with Crippen molar-refractivity contribution in [2.75, 3.05) is 18.0 Å². The van der Waals surface area contributed by atoms with Gasteiger partial charge in [0.2, 0.25) is 5.91 Å². The van der Waals surface area contributed by atoms with Crippen molar-refractivity contribution in [3.8, 4) is 0 Å². The molecule has 1 aromatic carbocycles. The van der Waals surface area contributed by atoms with Gasteiger partial charge in [-0.15, -0.1) is 0 Å². The number of amides is 1. The normalized spacial score (nSPS) is 27.0. The monoisotopic (exact) mass is 286 g/mol. The Morgan fingerprint density at radius 2 is 1.90 bits per heavy atom. The van der Waals surface area contributed by atoms with Gasteiger partial charge >= 0.3 is 0 Å². The number of carbonyl (C=O) groups is 1. The summed E-state index contributed by atoms with van der Waals surface area (Å²) in [7, 11) is 0. The van der Waals surface area contributed by atoms with Crippen molar-refractivity contribution in [2.24, 2.45) is 23.5 Å². The van der Waals surface area contributed by atoms with Gasteiger partial charge in [0.15, 0.2) is 0 Å². The first-order valence-electron chi connectivity index (χ1n) is 8.31. The highest BCUT2D eigenvalue weighted by Crippen LogP contribution is 2.56. The molecule has 3 rings (SSSR count). The molecule has 2 N–H and O–H groups in total. The summed E-state index contributed by atoms with van der Waals surface area (Å²) in [6.45, 7) is 3.46. The zero-order valence-corrected chi connectivity index (χ0v) is 12.9. The van der Waals surface area contributed by atoms with Gasteiger partial charge in [0.25, 0.3) is 0 Å². The predicted octanol–water partition coefficient (Wildman–Crippen LogP) is 3.11. The van der Waals surface area contributed by atoms with Crippen LogP contribution in [0.1, 0.15) is 37.7 Å². The first kappa shape index (κ1) is 14.6. The van der Waals surface area contributed by atoms with Crippen LogP contribution in [-0.2, 0) is 4.79 Å². The molecule has 2 atom stereocenters. The molecule has 3 nitrogen and oxygen atoms in total. The minimum atomic E-state index is 0.282. The Hall–Kier alpha value is -1.35. The third kappa shape index (κ3) is 2.84. The number of anilines is 1. The molecule has 21 heavy (non-hydrogen) atoms. The van der Waals surface area contributed by atoms with Gasteiger partial charge in [-0.1, -0.05) is 31.0 Å². The van der Waals surface area contributed by atoms with E-state index in [1.807, 2.05) is 17.0 Å². The predicted molar refractivity (Wildman–Crippen MR) is 86.1 cm³/mol. The van der Waals surface area contributed by atoms with Crippen LogP contribution in [0.2, 0.25) is 0 Å². The lowest BCUT2D eigenvalue weighted by Crippen LogP contribution is -2.35. The fourth-order valence-corrected chi connectivity index (χ4v) is 4.00. The van der Waals surface area contributed by atoms with Crippen molar-refractivity contribution in [3.63, 3.8) is 0 Å². The van der Waals surface area contributed by atoms with Crippen LogP contribution in [0, 0.1) is 24.7 Å². The van der Waals surface area contributed by atoms with E-state index in [-0.39, 0.29) is 5.92 Å². The fourth-order valence-electron chi connectivity index (χ4n) is 4.00. The molecule has 3 heteroatoms. The van der Waals surface area contributed by atoms with Crippen LogP contribution in [-0.4, -0.2) is 19.0 Å². The Kier molecular flexibility index (Phi) is 4.29. The molecule has 2 aliphatic rings. The molecule has 114 valence electrons. The molecule has 0 aliphatic heterocycles. The number of rotatable bonds is 5. The topological polar surface area (TPSA) is 46.3 Å². The van der Waals surface area contributed by atoms with Crippen LogP contribution in [0.25, 0.3) is 0 Å². The van der Waals surface area contributed by atoms with Crippen LogP contribution in [0.5, 0.6) is 0 Å². The lowest BCUT2D eigenvalue weighted by atomic mass is 10.0. The zero-order valence-electron chi connectivity index (χ0n) is 12.9. The second kappa shape index (κ2) is 6.18. The molecular formula is C18H26N2O. The Morgan fingerprint density at radius 1 is 1.24 bits per heavy atom. The molecule has 0 spiro atoms. The van der Waals surface area contributed by atoms with E-state index in [0.29, 0.717) is 24.3 Å². The number of carbonyl (C=O) groups excluding carboxylic acids is 1. The van der Waals surface area contributed by atoms with E-state index in [2.05, 4.69) is 19.1 Å². The molecular weight excluding hydrogens is 260 g/mol. The molecule has 2 aliphatic carbocycles. The molecule has 0 aromatic heterocycles. The average Bonchev–Trinajstić information content (AvgIpc) is 3.23. The van der Waals surface area contributed by atoms with E-state index in [0.717, 1.165) is 18.7 Å². The molecule has 0 bridgehead atoms. The summed E-state index contributed by atoms with van der Waals surface area (Å²) in [5.41, 5.74) is 7.91. The minimum absolute atomic E-state index is 0.282. The quantitative estimate of drug-likeness (QED) is 0.904. The van der Waals surface area contributed by atoms with Crippen molar-refractivity contribution in [2.45, 2.75) is 39.0 Å². The highest BCUT2D eigenvalue weighted by atomic mass is 16.2. The lowest BCUT2D eigenvalue weighted by molar-refractivity contribution is -0.120. The van der Waals surface area contributed by atoms with E-state index in [1.165, 1.54) is 31.2 Å². The summed E-state index contributed by atoms with van der Waals surface area (Å²) in [5.74, 6) is 1.95. The van der Waals surface area contributed by atoms with Gasteiger partial charge in [-0.25, -0.2) is 0 Å². The smallest absolute Gasteiger partial charge is 0.230 e. The first-order valence-corrected chi connectivity index (χ1v) is 8.31. The molecule has 0 saturated heterocycles. The largest absolute Gasteiger partial charge is 0.330 e. The Bertz CT molecular complexity index is 502. The maximum atomic E-state index is 13.0. The van der Waals surface area contributed by atoms with Crippen molar-refractivity contribution in [1.29, 1.82) is 0 Å². The summed E-state index contributed by atoms with van der Waals surface area (Å²) in [6, 6.07) is 8.19. The van der Waals surface area contributed by atoms with Gasteiger partial charge in [0.05, 0.1) is 0 Å². The van der Waals surface area contributed by atoms with E-state index in [1.54, 1.807) is 0 Å². The Morgan fingerprint density at radius 3 is 2.52 bits per heavy atom. The van der Waals surface area contributed by atoms with Gasteiger partial charge < -0.3 is 10.6 Å². The van der Waals surface area contributed by atoms with Gasteiger partial charge in [0, 0.05) is 18.2 Å². The SMILES string of the molecule is Cc1ccccc1N(CCCN)C(=O)C1C2CCCCC21. The number of nitrogens with zero attached hydrogens (tertiary/aromatic N) is 1. The number of aryl methyl sites for hydroxylation is 1. The first-order chi connectivity index (χ1) is 10.2. The van der Waals surface area contributed by atoms with E-state index in [9.17, 15) is 4.79 Å². The van der Waals surface area contributed by atoms with Gasteiger partial charge in [-0.05, 0) is 56.2 Å². The second-order valence-corrected chi connectivity index (χ2v) is 6.56. The summed E-state index contributed by atoms with van der Waals surface area (Å²) < 4.78 is 0. The maximum Gasteiger partial charge on any atom is 0.230 e. The Balaban J connectivity index is 1.79. The third-order valence-corrected chi connectivity index (χ3v) is 5.20. The molecule has 2 fully saturated rings. The number of hydrogen-bond donors (Lipinski definition) is 1. The molecule has 1 amide bonds. The van der Waals surface area contributed by atoms with Crippen molar-refractivity contribution in [1.82, 2.24) is 0 Å². The van der Waals surface area contributed by atoms with Crippen molar-refractivity contribution < 1.29 is 4.79 Å². The Labute approximate surface area is 127 Å². The number of fused-ring (bicyclic) bond motifs is 1. The molecule has 0 radical (unpaired) electrons. The molecule has 1 aromatic rings. The van der Waals surface area contributed by atoms with E-state index in [4.69, 9.17) is 5.73 Å². The standard InChI is InChI=1S/C18H26N2O/c1-13-7-2-5-10-16(13)20(12-6-11-19)18(21)17-14-8-3-4-9-15(14)17/h2,5,7,10,14-15,17H,3-4,6,8-9,11-12,19H2,1H3. The number of para-hydroxylation sites is 1. The summed E-state index contributed by atoms with van der Waals surface area (Å²) in [4.78, 5) is 15.0. The summed E-state index contributed by atoms with van der Waals surface area (Å²) >= 11 is 0. The zero-order chi connectivity index (χ0) is 14.8.